The molecule has 1 aromatic heterocycles. The molecule has 1 aliphatic heterocycles. The van der Waals surface area contributed by atoms with Crippen LogP contribution in [-0.2, 0) is 4.52 Å². The average Bonchev–Trinajstić information content (AvgIpc) is 3.14. The van der Waals surface area contributed by atoms with E-state index in [4.69, 9.17) is 14.0 Å². The molecule has 3 aromatic carbocycles. The lowest BCUT2D eigenvalue weighted by Gasteiger charge is -2.55. The molecule has 1 fully saturated rings. The maximum Gasteiger partial charge on any atom is 0.239 e. The molecule has 1 unspecified atom stereocenters. The number of hydrogen-bond donors (Lipinski definition) is 0. The third kappa shape index (κ3) is 3.03. The lowest BCUT2D eigenvalue weighted by molar-refractivity contribution is 0.00609. The first-order valence-corrected chi connectivity index (χ1v) is 11.4. The summed E-state index contributed by atoms with van der Waals surface area (Å²) in [6, 6.07) is 26.7. The molecule has 0 saturated carbocycles. The van der Waals surface area contributed by atoms with Crippen molar-refractivity contribution in [1.29, 1.82) is 0 Å². The van der Waals surface area contributed by atoms with Gasteiger partial charge in [0.25, 0.3) is 0 Å². The van der Waals surface area contributed by atoms with Crippen molar-refractivity contribution < 1.29 is 9.05 Å². The van der Waals surface area contributed by atoms with Crippen LogP contribution in [0.15, 0.2) is 78.9 Å². The van der Waals surface area contributed by atoms with Gasteiger partial charge >= 0.3 is 0 Å². The fourth-order valence-electron chi connectivity index (χ4n) is 3.57. The Kier molecular flexibility index (Phi) is 4.46. The van der Waals surface area contributed by atoms with Crippen LogP contribution in [0.5, 0.6) is 5.75 Å². The van der Waals surface area contributed by atoms with Gasteiger partial charge in [0.2, 0.25) is 8.38 Å². The summed E-state index contributed by atoms with van der Waals surface area (Å²) < 4.78 is 14.4. The Morgan fingerprint density at radius 2 is 1.50 bits per heavy atom. The third-order valence-corrected chi connectivity index (χ3v) is 8.57. The second-order valence-electron chi connectivity index (χ2n) is 8.63. The topological polar surface area (TPSA) is 36.3 Å². The van der Waals surface area contributed by atoms with Crippen LogP contribution in [0.2, 0.25) is 0 Å². The summed E-state index contributed by atoms with van der Waals surface area (Å²) in [4.78, 5) is 4.92. The van der Waals surface area contributed by atoms with Gasteiger partial charge in [0.15, 0.2) is 0 Å². The van der Waals surface area contributed by atoms with Crippen molar-refractivity contribution in [2.75, 3.05) is 0 Å². The lowest BCUT2D eigenvalue weighted by atomic mass is 9.93. The largest absolute Gasteiger partial charge is 0.447 e. The number of benzene rings is 3. The van der Waals surface area contributed by atoms with Crippen LogP contribution >= 0.6 is 8.38 Å². The van der Waals surface area contributed by atoms with Gasteiger partial charge in [-0.2, -0.15) is 0 Å². The lowest BCUT2D eigenvalue weighted by Crippen LogP contribution is -2.55. The van der Waals surface area contributed by atoms with E-state index in [1.165, 1.54) is 0 Å². The zero-order chi connectivity index (χ0) is 20.9. The summed E-state index contributed by atoms with van der Waals surface area (Å²) in [6.07, 6.45) is 0. The maximum atomic E-state index is 6.18. The standard InChI is InChI=1S/C25H25N2O2P/c1-24(2)25(3,4)30(29-24)28-20-16-14-18(15-17-20)23-26-21-12-8-9-13-22(21)27(23)19-10-6-5-7-11-19/h5-17H,1-4H3. The number of para-hydroxylation sites is 3. The first-order chi connectivity index (χ1) is 14.4. The van der Waals surface area contributed by atoms with Crippen molar-refractivity contribution in [3.05, 3.63) is 78.9 Å². The minimum Gasteiger partial charge on any atom is -0.447 e. The van der Waals surface area contributed by atoms with E-state index in [-0.39, 0.29) is 10.8 Å². The predicted molar refractivity (Wildman–Crippen MR) is 123 cm³/mol. The molecule has 0 bridgehead atoms. The highest BCUT2D eigenvalue weighted by Crippen LogP contribution is 2.68. The van der Waals surface area contributed by atoms with Crippen molar-refractivity contribution in [3.8, 4) is 22.8 Å². The molecule has 1 aliphatic rings. The van der Waals surface area contributed by atoms with Gasteiger partial charge in [0.1, 0.15) is 11.6 Å². The first kappa shape index (κ1) is 19.3. The molecule has 4 nitrogen and oxygen atoms in total. The van der Waals surface area contributed by atoms with E-state index in [0.717, 1.165) is 33.9 Å². The number of aromatic nitrogens is 2. The Bertz CT molecular complexity index is 1200. The Morgan fingerprint density at radius 1 is 0.833 bits per heavy atom. The van der Waals surface area contributed by atoms with Crippen LogP contribution in [-0.4, -0.2) is 20.3 Å². The molecule has 152 valence electrons. The summed E-state index contributed by atoms with van der Waals surface area (Å²) >= 11 is 0. The molecule has 5 rings (SSSR count). The summed E-state index contributed by atoms with van der Waals surface area (Å²) in [5.74, 6) is 1.75. The van der Waals surface area contributed by atoms with Crippen molar-refractivity contribution in [2.45, 2.75) is 38.5 Å². The van der Waals surface area contributed by atoms with Crippen molar-refractivity contribution in [1.82, 2.24) is 9.55 Å². The van der Waals surface area contributed by atoms with Crippen molar-refractivity contribution >= 4 is 19.4 Å². The van der Waals surface area contributed by atoms with Gasteiger partial charge in [0.05, 0.1) is 21.8 Å². The molecule has 0 radical (unpaired) electrons. The molecule has 2 heterocycles. The molecule has 0 aliphatic carbocycles. The smallest absolute Gasteiger partial charge is 0.239 e. The third-order valence-electron chi connectivity index (χ3n) is 6.12. The molecule has 0 amide bonds. The number of nitrogens with zero attached hydrogens (tertiary/aromatic N) is 2. The first-order valence-electron chi connectivity index (χ1n) is 10.2. The van der Waals surface area contributed by atoms with Gasteiger partial charge in [-0.25, -0.2) is 4.98 Å². The van der Waals surface area contributed by atoms with Gasteiger partial charge < -0.3 is 9.05 Å². The van der Waals surface area contributed by atoms with Crippen molar-refractivity contribution in [2.24, 2.45) is 0 Å². The van der Waals surface area contributed by atoms with E-state index in [1.54, 1.807) is 0 Å². The van der Waals surface area contributed by atoms with Crippen LogP contribution in [0, 0.1) is 0 Å². The van der Waals surface area contributed by atoms with Crippen LogP contribution in [0.1, 0.15) is 27.7 Å². The van der Waals surface area contributed by atoms with Gasteiger partial charge in [-0.15, -0.1) is 0 Å². The molecular weight excluding hydrogens is 391 g/mol. The van der Waals surface area contributed by atoms with Gasteiger partial charge in [-0.05, 0) is 76.2 Å². The number of imidazole rings is 1. The molecule has 1 saturated heterocycles. The number of fused-ring (bicyclic) bond motifs is 1. The molecular formula is C25H25N2O2P. The van der Waals surface area contributed by atoms with Crippen LogP contribution in [0.25, 0.3) is 28.1 Å². The summed E-state index contributed by atoms with van der Waals surface area (Å²) in [6.45, 7) is 8.65. The monoisotopic (exact) mass is 416 g/mol. The Balaban J connectivity index is 1.50. The maximum absolute atomic E-state index is 6.18. The Hall–Kier alpha value is -2.68. The summed E-state index contributed by atoms with van der Waals surface area (Å²) in [7, 11) is -0.949. The van der Waals surface area contributed by atoms with Crippen LogP contribution in [0.3, 0.4) is 0 Å². The van der Waals surface area contributed by atoms with E-state index in [9.17, 15) is 0 Å². The highest BCUT2D eigenvalue weighted by molar-refractivity contribution is 7.51. The average molecular weight is 416 g/mol. The van der Waals surface area contributed by atoms with E-state index in [1.807, 2.05) is 30.3 Å². The zero-order valence-electron chi connectivity index (χ0n) is 17.7. The quantitative estimate of drug-likeness (QED) is 0.337. The second kappa shape index (κ2) is 6.94. The highest BCUT2D eigenvalue weighted by Gasteiger charge is 2.59. The normalized spacial score (nSPS) is 19.4. The molecule has 0 spiro atoms. The van der Waals surface area contributed by atoms with E-state index < -0.39 is 8.38 Å². The zero-order valence-corrected chi connectivity index (χ0v) is 18.6. The second-order valence-corrected chi connectivity index (χ2v) is 10.6. The van der Waals surface area contributed by atoms with Crippen LogP contribution in [0.4, 0.5) is 0 Å². The van der Waals surface area contributed by atoms with Gasteiger partial charge in [-0.3, -0.25) is 4.57 Å². The van der Waals surface area contributed by atoms with E-state index in [0.29, 0.717) is 0 Å². The highest BCUT2D eigenvalue weighted by atomic mass is 31.2. The molecule has 5 heteroatoms. The number of rotatable bonds is 4. The molecule has 4 aromatic rings. The summed E-state index contributed by atoms with van der Waals surface area (Å²) in [5.41, 5.74) is 4.06. The van der Waals surface area contributed by atoms with E-state index >= 15 is 0 Å². The Labute approximate surface area is 178 Å². The molecule has 30 heavy (non-hydrogen) atoms. The van der Waals surface area contributed by atoms with E-state index in [2.05, 4.69) is 80.8 Å². The minimum atomic E-state index is -0.949. The minimum absolute atomic E-state index is 0.0162. The summed E-state index contributed by atoms with van der Waals surface area (Å²) in [5, 5.41) is 0.0162. The fourth-order valence-corrected chi connectivity index (χ4v) is 5.37. The van der Waals surface area contributed by atoms with Crippen molar-refractivity contribution in [3.63, 3.8) is 0 Å². The van der Waals surface area contributed by atoms with Gasteiger partial charge in [-0.1, -0.05) is 30.3 Å². The Morgan fingerprint density at radius 3 is 2.17 bits per heavy atom. The molecule has 1 atom stereocenters. The fraction of sp³-hybridized carbons (Fsp3) is 0.240. The molecule has 0 N–H and O–H groups in total. The van der Waals surface area contributed by atoms with Gasteiger partial charge in [0, 0.05) is 11.3 Å². The van der Waals surface area contributed by atoms with Crippen LogP contribution < -0.4 is 4.52 Å². The number of hydrogen-bond acceptors (Lipinski definition) is 3. The SMILES string of the molecule is CC1(C)OP(Oc2ccc(-c3nc4ccccc4n3-c3ccccc3)cc2)C1(C)C. The predicted octanol–water partition coefficient (Wildman–Crippen LogP) is 6.97.